The lowest BCUT2D eigenvalue weighted by atomic mass is 9.86. The van der Waals surface area contributed by atoms with E-state index in [9.17, 15) is 0 Å². The lowest BCUT2D eigenvalue weighted by Crippen LogP contribution is -2.38. The van der Waals surface area contributed by atoms with Crippen molar-refractivity contribution in [3.63, 3.8) is 0 Å². The highest BCUT2D eigenvalue weighted by Crippen LogP contribution is 2.34. The largest absolute Gasteiger partial charge is 0.497 e. The van der Waals surface area contributed by atoms with Gasteiger partial charge in [0.15, 0.2) is 0 Å². The van der Waals surface area contributed by atoms with Crippen LogP contribution >= 0.6 is 0 Å². The second kappa shape index (κ2) is 7.33. The number of nitrogens with zero attached hydrogens (tertiary/aromatic N) is 1. The first-order valence-electron chi connectivity index (χ1n) is 7.25. The van der Waals surface area contributed by atoms with E-state index in [1.54, 1.807) is 7.11 Å². The monoisotopic (exact) mass is 290 g/mol. The molecule has 0 aromatic heterocycles. The van der Waals surface area contributed by atoms with Gasteiger partial charge in [-0.15, -0.1) is 0 Å². The number of ether oxygens (including phenoxy) is 2. The van der Waals surface area contributed by atoms with Gasteiger partial charge in [0.05, 0.1) is 13.2 Å². The third-order valence-corrected chi connectivity index (χ3v) is 3.09. The van der Waals surface area contributed by atoms with Crippen LogP contribution in [-0.2, 0) is 5.41 Å². The van der Waals surface area contributed by atoms with Crippen molar-refractivity contribution in [1.82, 2.24) is 5.32 Å². The van der Waals surface area contributed by atoms with Gasteiger partial charge in [0.25, 0.3) is 0 Å². The maximum absolute atomic E-state index is 9.15. The molecule has 0 aliphatic carbocycles. The van der Waals surface area contributed by atoms with Crippen molar-refractivity contribution in [2.75, 3.05) is 13.7 Å². The lowest BCUT2D eigenvalue weighted by Gasteiger charge is -2.24. The van der Waals surface area contributed by atoms with E-state index in [0.717, 1.165) is 17.1 Å². The van der Waals surface area contributed by atoms with Crippen LogP contribution < -0.4 is 14.8 Å². The fourth-order valence-electron chi connectivity index (χ4n) is 2.05. The molecular weight excluding hydrogens is 264 g/mol. The van der Waals surface area contributed by atoms with Crippen molar-refractivity contribution in [3.05, 3.63) is 23.8 Å². The van der Waals surface area contributed by atoms with Crippen LogP contribution in [0.4, 0.5) is 0 Å². The topological polar surface area (TPSA) is 54.3 Å². The molecule has 4 heteroatoms. The van der Waals surface area contributed by atoms with E-state index in [4.69, 9.17) is 14.7 Å². The zero-order valence-corrected chi connectivity index (χ0v) is 13.9. The molecule has 0 aliphatic rings. The zero-order valence-electron chi connectivity index (χ0n) is 13.9. The van der Waals surface area contributed by atoms with Gasteiger partial charge in [-0.05, 0) is 37.5 Å². The number of hydrogen-bond donors (Lipinski definition) is 1. The summed E-state index contributed by atoms with van der Waals surface area (Å²) in [5, 5.41) is 12.3. The highest BCUT2D eigenvalue weighted by atomic mass is 16.5. The molecule has 116 valence electrons. The summed E-state index contributed by atoms with van der Waals surface area (Å²) in [7, 11) is 1.65. The Morgan fingerprint density at radius 2 is 1.95 bits per heavy atom. The molecule has 21 heavy (non-hydrogen) atoms. The predicted molar refractivity (Wildman–Crippen MR) is 84.9 cm³/mol. The smallest absolute Gasteiger partial charge is 0.130 e. The third kappa shape index (κ3) is 5.28. The van der Waals surface area contributed by atoms with E-state index < -0.39 is 0 Å². The zero-order chi connectivity index (χ0) is 16.0. The van der Waals surface area contributed by atoms with Crippen LogP contribution in [0.3, 0.4) is 0 Å². The number of hydrogen-bond acceptors (Lipinski definition) is 4. The van der Waals surface area contributed by atoms with Crippen LogP contribution in [0.1, 0.15) is 40.2 Å². The van der Waals surface area contributed by atoms with Crippen LogP contribution in [0, 0.1) is 11.3 Å². The minimum Gasteiger partial charge on any atom is -0.497 e. The number of rotatable bonds is 6. The molecule has 0 saturated carbocycles. The van der Waals surface area contributed by atoms with Gasteiger partial charge in [-0.1, -0.05) is 20.8 Å². The van der Waals surface area contributed by atoms with Gasteiger partial charge in [0.1, 0.15) is 24.1 Å². The Kier molecular flexibility index (Phi) is 6.04. The maximum atomic E-state index is 9.15. The molecule has 0 aliphatic heterocycles. The minimum atomic E-state index is -0.320. The summed E-state index contributed by atoms with van der Waals surface area (Å²) in [4.78, 5) is 0. The second-order valence-electron chi connectivity index (χ2n) is 6.43. The number of benzene rings is 1. The van der Waals surface area contributed by atoms with E-state index in [1.807, 2.05) is 32.0 Å². The highest BCUT2D eigenvalue weighted by Gasteiger charge is 2.21. The fourth-order valence-corrected chi connectivity index (χ4v) is 2.05. The van der Waals surface area contributed by atoms with E-state index in [-0.39, 0.29) is 17.5 Å². The Hall–Kier alpha value is -1.73. The molecule has 0 heterocycles. The lowest BCUT2D eigenvalue weighted by molar-refractivity contribution is 0.275. The molecule has 0 saturated heterocycles. The molecule has 1 rings (SSSR count). The summed E-state index contributed by atoms with van der Waals surface area (Å²) in [5.41, 5.74) is 1.01. The van der Waals surface area contributed by atoms with Gasteiger partial charge < -0.3 is 9.47 Å². The molecule has 0 bridgehead atoms. The van der Waals surface area contributed by atoms with Crippen molar-refractivity contribution >= 4 is 0 Å². The predicted octanol–water partition coefficient (Wildman–Crippen LogP) is 3.26. The van der Waals surface area contributed by atoms with E-state index in [2.05, 4.69) is 32.2 Å². The third-order valence-electron chi connectivity index (χ3n) is 3.09. The molecule has 4 nitrogen and oxygen atoms in total. The van der Waals surface area contributed by atoms with Crippen molar-refractivity contribution < 1.29 is 9.47 Å². The number of methoxy groups -OCH3 is 1. The Bertz CT molecular complexity index is 498. The first-order chi connectivity index (χ1) is 9.77. The van der Waals surface area contributed by atoms with Crippen LogP contribution in [0.25, 0.3) is 0 Å². The SMILES string of the molecule is COc1ccc(OCC(C#N)NC(C)C)c(C(C)(C)C)c1. The Labute approximate surface area is 128 Å². The summed E-state index contributed by atoms with van der Waals surface area (Å²) >= 11 is 0. The van der Waals surface area contributed by atoms with Crippen molar-refractivity contribution in [2.45, 2.75) is 52.1 Å². The summed E-state index contributed by atoms with van der Waals surface area (Å²) in [5.74, 6) is 1.61. The first-order valence-corrected chi connectivity index (χ1v) is 7.25. The average molecular weight is 290 g/mol. The van der Waals surface area contributed by atoms with E-state index in [1.165, 1.54) is 0 Å². The van der Waals surface area contributed by atoms with Crippen molar-refractivity contribution in [2.24, 2.45) is 0 Å². The summed E-state index contributed by atoms with van der Waals surface area (Å²) in [6.45, 7) is 10.7. The van der Waals surface area contributed by atoms with Crippen molar-refractivity contribution in [3.8, 4) is 17.6 Å². The van der Waals surface area contributed by atoms with Gasteiger partial charge in [0.2, 0.25) is 0 Å². The van der Waals surface area contributed by atoms with E-state index in [0.29, 0.717) is 6.61 Å². The molecule has 0 amide bonds. The maximum Gasteiger partial charge on any atom is 0.130 e. The Morgan fingerprint density at radius 3 is 2.43 bits per heavy atom. The van der Waals surface area contributed by atoms with Crippen molar-refractivity contribution in [1.29, 1.82) is 5.26 Å². The molecule has 1 unspecified atom stereocenters. The molecule has 1 atom stereocenters. The summed E-state index contributed by atoms with van der Waals surface area (Å²) in [6.07, 6.45) is 0. The average Bonchev–Trinajstić information content (AvgIpc) is 2.41. The molecule has 1 N–H and O–H groups in total. The first kappa shape index (κ1) is 17.3. The standard InChI is InChI=1S/C17H26N2O2/c1-12(2)19-13(10-18)11-21-16-8-7-14(20-6)9-15(16)17(3,4)5/h7-9,12-13,19H,11H2,1-6H3. The number of nitrogens with one attached hydrogen (secondary N) is 1. The van der Waals surface area contributed by atoms with Crippen LogP contribution in [-0.4, -0.2) is 25.8 Å². The summed E-state index contributed by atoms with van der Waals surface area (Å²) in [6, 6.07) is 7.93. The van der Waals surface area contributed by atoms with Gasteiger partial charge in [-0.25, -0.2) is 0 Å². The van der Waals surface area contributed by atoms with Gasteiger partial charge in [-0.2, -0.15) is 5.26 Å². The normalized spacial score (nSPS) is 12.9. The van der Waals surface area contributed by atoms with E-state index >= 15 is 0 Å². The highest BCUT2D eigenvalue weighted by molar-refractivity contribution is 5.44. The summed E-state index contributed by atoms with van der Waals surface area (Å²) < 4.78 is 11.2. The minimum absolute atomic E-state index is 0.0580. The van der Waals surface area contributed by atoms with Gasteiger partial charge in [-0.3, -0.25) is 5.32 Å². The molecule has 1 aromatic carbocycles. The van der Waals surface area contributed by atoms with Crippen LogP contribution in [0.2, 0.25) is 0 Å². The number of nitriles is 1. The van der Waals surface area contributed by atoms with Gasteiger partial charge >= 0.3 is 0 Å². The van der Waals surface area contributed by atoms with Crippen LogP contribution in [0.5, 0.6) is 11.5 Å². The second-order valence-corrected chi connectivity index (χ2v) is 6.43. The Balaban J connectivity index is 2.90. The molecule has 0 spiro atoms. The van der Waals surface area contributed by atoms with Crippen LogP contribution in [0.15, 0.2) is 18.2 Å². The van der Waals surface area contributed by atoms with Gasteiger partial charge in [0, 0.05) is 11.6 Å². The quantitative estimate of drug-likeness (QED) is 0.873. The molecule has 0 radical (unpaired) electrons. The molecule has 1 aromatic rings. The Morgan fingerprint density at radius 1 is 1.29 bits per heavy atom. The fraction of sp³-hybridized carbons (Fsp3) is 0.588. The molecular formula is C17H26N2O2. The molecule has 0 fully saturated rings.